The Bertz CT molecular complexity index is 932. The highest BCUT2D eigenvalue weighted by atomic mass is 16.5. The van der Waals surface area contributed by atoms with Crippen LogP contribution < -0.4 is 10.6 Å². The number of benzene rings is 2. The van der Waals surface area contributed by atoms with E-state index < -0.39 is 17.3 Å². The monoisotopic (exact) mass is 380 g/mol. The predicted molar refractivity (Wildman–Crippen MR) is 107 cm³/mol. The van der Waals surface area contributed by atoms with Crippen molar-refractivity contribution in [1.29, 1.82) is 0 Å². The highest BCUT2D eigenvalue weighted by Gasteiger charge is 2.56. The number of para-hydroxylation sites is 1. The third-order valence-electron chi connectivity index (χ3n) is 4.92. The summed E-state index contributed by atoms with van der Waals surface area (Å²) in [6, 6.07) is 12.4. The second-order valence-corrected chi connectivity index (χ2v) is 7.07. The molecule has 0 aromatic heterocycles. The molecule has 2 aromatic rings. The maximum atomic E-state index is 12.9. The number of aryl methyl sites for hydroxylation is 2. The van der Waals surface area contributed by atoms with Crippen molar-refractivity contribution in [1.82, 2.24) is 0 Å². The smallest absolute Gasteiger partial charge is 0.340 e. The molecule has 6 nitrogen and oxygen atoms in total. The van der Waals surface area contributed by atoms with Crippen LogP contribution in [0.1, 0.15) is 41.3 Å². The fourth-order valence-electron chi connectivity index (χ4n) is 3.10. The van der Waals surface area contributed by atoms with Gasteiger partial charge in [-0.1, -0.05) is 29.8 Å². The molecule has 0 bridgehead atoms. The zero-order chi connectivity index (χ0) is 20.3. The molecule has 1 saturated carbocycles. The first kappa shape index (κ1) is 19.6. The lowest BCUT2D eigenvalue weighted by molar-refractivity contribution is -0.131. The van der Waals surface area contributed by atoms with Gasteiger partial charge in [-0.05, 0) is 57.4 Å². The molecule has 2 aromatic carbocycles. The standard InChI is InChI=1S/C22H24N2O4/c1-4-28-19(25)16-7-5-6-8-18(16)24-21(27)22(11-12-22)20(26)23-17-10-9-14(2)13-15(17)3/h5-10,13H,4,11-12H2,1-3H3,(H,23,26)(H,24,27). The summed E-state index contributed by atoms with van der Waals surface area (Å²) in [5.74, 6) is -1.25. The minimum Gasteiger partial charge on any atom is -0.462 e. The summed E-state index contributed by atoms with van der Waals surface area (Å²) in [7, 11) is 0. The van der Waals surface area contributed by atoms with Gasteiger partial charge in [0.25, 0.3) is 0 Å². The summed E-state index contributed by atoms with van der Waals surface area (Å²) < 4.78 is 5.03. The molecule has 0 heterocycles. The summed E-state index contributed by atoms with van der Waals surface area (Å²) in [5, 5.41) is 5.62. The molecule has 2 N–H and O–H groups in total. The number of esters is 1. The molecular weight excluding hydrogens is 356 g/mol. The minimum absolute atomic E-state index is 0.239. The molecule has 1 aliphatic carbocycles. The number of nitrogens with one attached hydrogen (secondary N) is 2. The van der Waals surface area contributed by atoms with E-state index in [2.05, 4.69) is 10.6 Å². The molecule has 0 aliphatic heterocycles. The number of carbonyl (C=O) groups excluding carboxylic acids is 3. The maximum absolute atomic E-state index is 12.9. The van der Waals surface area contributed by atoms with Crippen molar-refractivity contribution in [2.45, 2.75) is 33.6 Å². The van der Waals surface area contributed by atoms with E-state index in [9.17, 15) is 14.4 Å². The second-order valence-electron chi connectivity index (χ2n) is 7.07. The lowest BCUT2D eigenvalue weighted by Gasteiger charge is -2.18. The number of carbonyl (C=O) groups is 3. The number of hydrogen-bond acceptors (Lipinski definition) is 4. The van der Waals surface area contributed by atoms with Crippen LogP contribution in [0.2, 0.25) is 0 Å². The van der Waals surface area contributed by atoms with Gasteiger partial charge >= 0.3 is 5.97 Å². The highest BCUT2D eigenvalue weighted by Crippen LogP contribution is 2.47. The number of anilines is 2. The van der Waals surface area contributed by atoms with Crippen LogP contribution in [-0.4, -0.2) is 24.4 Å². The Hall–Kier alpha value is -3.15. The predicted octanol–water partition coefficient (Wildman–Crippen LogP) is 3.84. The van der Waals surface area contributed by atoms with E-state index in [4.69, 9.17) is 4.74 Å². The lowest BCUT2D eigenvalue weighted by atomic mass is 10.0. The Kier molecular flexibility index (Phi) is 5.49. The first-order valence-corrected chi connectivity index (χ1v) is 9.33. The average molecular weight is 380 g/mol. The fourth-order valence-corrected chi connectivity index (χ4v) is 3.10. The van der Waals surface area contributed by atoms with Crippen molar-refractivity contribution in [3.8, 4) is 0 Å². The van der Waals surface area contributed by atoms with Crippen LogP contribution in [0.25, 0.3) is 0 Å². The van der Waals surface area contributed by atoms with Crippen LogP contribution in [0.3, 0.4) is 0 Å². The number of rotatable bonds is 6. The third kappa shape index (κ3) is 3.91. The second kappa shape index (κ2) is 7.84. The van der Waals surface area contributed by atoms with Gasteiger partial charge in [0.1, 0.15) is 5.41 Å². The van der Waals surface area contributed by atoms with Gasteiger partial charge in [-0.2, -0.15) is 0 Å². The normalized spacial score (nSPS) is 14.1. The largest absolute Gasteiger partial charge is 0.462 e. The Morgan fingerprint density at radius 1 is 0.964 bits per heavy atom. The van der Waals surface area contributed by atoms with Crippen molar-refractivity contribution in [2.24, 2.45) is 5.41 Å². The van der Waals surface area contributed by atoms with E-state index in [1.165, 1.54) is 0 Å². The molecule has 1 aliphatic rings. The fraction of sp³-hybridized carbons (Fsp3) is 0.318. The Labute approximate surface area is 164 Å². The van der Waals surface area contributed by atoms with Crippen LogP contribution in [-0.2, 0) is 14.3 Å². The summed E-state index contributed by atoms with van der Waals surface area (Å²) in [4.78, 5) is 37.8. The molecule has 28 heavy (non-hydrogen) atoms. The molecule has 0 spiro atoms. The van der Waals surface area contributed by atoms with Crippen LogP contribution >= 0.6 is 0 Å². The number of amides is 2. The van der Waals surface area contributed by atoms with Gasteiger partial charge in [0, 0.05) is 5.69 Å². The van der Waals surface area contributed by atoms with E-state index in [1.54, 1.807) is 31.2 Å². The highest BCUT2D eigenvalue weighted by molar-refractivity contribution is 6.17. The van der Waals surface area contributed by atoms with Gasteiger partial charge in [0.15, 0.2) is 0 Å². The zero-order valence-corrected chi connectivity index (χ0v) is 16.3. The van der Waals surface area contributed by atoms with Gasteiger partial charge in [-0.3, -0.25) is 9.59 Å². The lowest BCUT2D eigenvalue weighted by Crippen LogP contribution is -2.36. The molecule has 146 valence electrons. The van der Waals surface area contributed by atoms with Crippen LogP contribution in [0.15, 0.2) is 42.5 Å². The van der Waals surface area contributed by atoms with Gasteiger partial charge in [-0.25, -0.2) is 4.79 Å². The van der Waals surface area contributed by atoms with Gasteiger partial charge in [-0.15, -0.1) is 0 Å². The first-order chi connectivity index (χ1) is 13.4. The SMILES string of the molecule is CCOC(=O)c1ccccc1NC(=O)C1(C(=O)Nc2ccc(C)cc2C)CC1. The molecule has 0 atom stereocenters. The average Bonchev–Trinajstić information content (AvgIpc) is 3.47. The summed E-state index contributed by atoms with van der Waals surface area (Å²) in [6.45, 7) is 5.85. The van der Waals surface area contributed by atoms with Gasteiger partial charge < -0.3 is 15.4 Å². The molecule has 0 unspecified atom stereocenters. The van der Waals surface area contributed by atoms with Crippen molar-refractivity contribution in [3.63, 3.8) is 0 Å². The third-order valence-corrected chi connectivity index (χ3v) is 4.92. The molecule has 6 heteroatoms. The Balaban J connectivity index is 1.76. The van der Waals surface area contributed by atoms with Gasteiger partial charge in [0.05, 0.1) is 17.9 Å². The summed E-state index contributed by atoms with van der Waals surface area (Å²) in [5.41, 5.74) is 2.24. The van der Waals surface area contributed by atoms with E-state index in [1.807, 2.05) is 32.0 Å². The summed E-state index contributed by atoms with van der Waals surface area (Å²) in [6.07, 6.45) is 0.939. The topological polar surface area (TPSA) is 84.5 Å². The molecule has 2 amide bonds. The summed E-state index contributed by atoms with van der Waals surface area (Å²) >= 11 is 0. The van der Waals surface area contributed by atoms with Crippen LogP contribution in [0, 0.1) is 19.3 Å². The molecule has 0 saturated heterocycles. The quantitative estimate of drug-likeness (QED) is 0.589. The zero-order valence-electron chi connectivity index (χ0n) is 16.3. The van der Waals surface area contributed by atoms with Crippen LogP contribution in [0.4, 0.5) is 11.4 Å². The maximum Gasteiger partial charge on any atom is 0.340 e. The van der Waals surface area contributed by atoms with Crippen molar-refractivity contribution in [3.05, 3.63) is 59.2 Å². The van der Waals surface area contributed by atoms with E-state index in [-0.39, 0.29) is 18.1 Å². The van der Waals surface area contributed by atoms with Crippen molar-refractivity contribution >= 4 is 29.2 Å². The molecule has 1 fully saturated rings. The van der Waals surface area contributed by atoms with Crippen molar-refractivity contribution < 1.29 is 19.1 Å². The van der Waals surface area contributed by atoms with E-state index >= 15 is 0 Å². The van der Waals surface area contributed by atoms with E-state index in [0.29, 0.717) is 24.2 Å². The van der Waals surface area contributed by atoms with Gasteiger partial charge in [0.2, 0.25) is 11.8 Å². The first-order valence-electron chi connectivity index (χ1n) is 9.33. The Morgan fingerprint density at radius 2 is 1.61 bits per heavy atom. The number of hydrogen-bond donors (Lipinski definition) is 2. The number of ether oxygens (including phenoxy) is 1. The van der Waals surface area contributed by atoms with Crippen molar-refractivity contribution in [2.75, 3.05) is 17.2 Å². The molecular formula is C22H24N2O4. The van der Waals surface area contributed by atoms with Crippen LogP contribution in [0.5, 0.6) is 0 Å². The Morgan fingerprint density at radius 3 is 2.21 bits per heavy atom. The van der Waals surface area contributed by atoms with E-state index in [0.717, 1.165) is 11.1 Å². The minimum atomic E-state index is -1.11. The molecule has 3 rings (SSSR count). The molecule has 0 radical (unpaired) electrons.